The van der Waals surface area contributed by atoms with Crippen molar-refractivity contribution in [1.82, 2.24) is 19.3 Å². The molecule has 1 aromatic carbocycles. The van der Waals surface area contributed by atoms with Crippen molar-refractivity contribution < 1.29 is 36.2 Å². The van der Waals surface area contributed by atoms with Crippen LogP contribution in [0.25, 0.3) is 0 Å². The highest BCUT2D eigenvalue weighted by molar-refractivity contribution is 7.89. The number of hydrogen-bond acceptors (Lipinski definition) is 11. The number of benzene rings is 1. The lowest BCUT2D eigenvalue weighted by molar-refractivity contribution is -0.0312. The van der Waals surface area contributed by atoms with Gasteiger partial charge in [-0.1, -0.05) is 6.07 Å². The van der Waals surface area contributed by atoms with E-state index in [4.69, 9.17) is 14.2 Å². The summed E-state index contributed by atoms with van der Waals surface area (Å²) in [5.74, 6) is 0.804. The summed E-state index contributed by atoms with van der Waals surface area (Å²) >= 11 is 0. The normalized spacial score (nSPS) is 21.6. The van der Waals surface area contributed by atoms with Crippen molar-refractivity contribution in [3.8, 4) is 11.6 Å². The van der Waals surface area contributed by atoms with E-state index in [2.05, 4.69) is 15.0 Å². The molecule has 3 aliphatic rings. The van der Waals surface area contributed by atoms with Crippen molar-refractivity contribution in [1.29, 1.82) is 0 Å². The van der Waals surface area contributed by atoms with E-state index in [9.17, 15) is 21.9 Å². The second-order valence-electron chi connectivity index (χ2n) is 11.0. The predicted molar refractivity (Wildman–Crippen MR) is 155 cm³/mol. The first-order valence-electron chi connectivity index (χ1n) is 14.0. The second kappa shape index (κ2) is 12.2. The number of anilines is 1. The summed E-state index contributed by atoms with van der Waals surface area (Å²) in [6.07, 6.45) is 2.43. The number of ether oxygens (including phenoxy) is 3. The number of nitrogens with zero attached hydrogens (tertiary/aromatic N) is 3. The summed E-state index contributed by atoms with van der Waals surface area (Å²) in [7, 11) is -4.09. The zero-order valence-electron chi connectivity index (χ0n) is 24.1. The zero-order valence-corrected chi connectivity index (χ0v) is 25.7. The molecule has 2 saturated heterocycles. The number of sulfonamides is 2. The van der Waals surface area contributed by atoms with Crippen LogP contribution in [0.4, 0.5) is 5.69 Å². The third kappa shape index (κ3) is 6.37. The molecule has 2 aromatic rings. The molecular weight excluding hydrogens is 586 g/mol. The third-order valence-corrected chi connectivity index (χ3v) is 11.6. The number of aliphatic hydroxyl groups is 1. The Morgan fingerprint density at radius 3 is 2.71 bits per heavy atom. The standard InChI is InChI=1S/C27H39N5O8S2/c1-19-24(16-30-26-25(19)31(3)11-12-38-26)42(36,37)32-9-7-27(8-10-32)14-20(17-40-27)29-15-21(33)18-39-22-5-4-6-23(13-22)41(34,35)28-2/h4-6,13,16,20-21,28-29,33H,7-12,14-15,17-18H2,1-3H3/t20-,21+/m1/s1. The summed E-state index contributed by atoms with van der Waals surface area (Å²) in [5.41, 5.74) is 0.940. The molecule has 0 radical (unpaired) electrons. The molecule has 3 aliphatic heterocycles. The van der Waals surface area contributed by atoms with Crippen molar-refractivity contribution in [2.75, 3.05) is 65.0 Å². The Kier molecular flexibility index (Phi) is 9.00. The number of nitrogens with one attached hydrogen (secondary N) is 2. The first-order chi connectivity index (χ1) is 19.9. The Morgan fingerprint density at radius 1 is 1.21 bits per heavy atom. The van der Waals surface area contributed by atoms with E-state index in [-0.39, 0.29) is 29.0 Å². The van der Waals surface area contributed by atoms with Gasteiger partial charge in [-0.15, -0.1) is 0 Å². The number of fused-ring (bicyclic) bond motifs is 1. The number of aliphatic hydroxyl groups excluding tert-OH is 1. The Hall–Kier alpha value is -2.53. The first kappa shape index (κ1) is 30.9. The minimum absolute atomic E-state index is 0.00883. The van der Waals surface area contributed by atoms with Crippen molar-refractivity contribution in [3.63, 3.8) is 0 Å². The van der Waals surface area contributed by atoms with E-state index < -0.39 is 31.8 Å². The van der Waals surface area contributed by atoms with Gasteiger partial charge in [0.15, 0.2) is 0 Å². The average molecular weight is 626 g/mol. The third-order valence-electron chi connectivity index (χ3n) is 8.20. The first-order valence-corrected chi connectivity index (χ1v) is 16.9. The van der Waals surface area contributed by atoms with Crippen LogP contribution in [0, 0.1) is 6.92 Å². The van der Waals surface area contributed by atoms with E-state index in [0.717, 1.165) is 0 Å². The molecule has 2 atom stereocenters. The molecule has 13 nitrogen and oxygen atoms in total. The van der Waals surface area contributed by atoms with Gasteiger partial charge in [0.05, 0.1) is 29.8 Å². The van der Waals surface area contributed by atoms with Gasteiger partial charge in [-0.25, -0.2) is 26.5 Å². The lowest BCUT2D eigenvalue weighted by atomic mass is 9.88. The Bertz CT molecular complexity index is 1500. The monoisotopic (exact) mass is 625 g/mol. The van der Waals surface area contributed by atoms with Gasteiger partial charge in [-0.05, 0) is 50.9 Å². The molecule has 1 aromatic heterocycles. The highest BCUT2D eigenvalue weighted by Crippen LogP contribution is 2.40. The fraction of sp³-hybridized carbons (Fsp3) is 0.593. The SMILES string of the molecule is CNS(=O)(=O)c1cccc(OC[C@@H](O)CN[C@H]2COC3(CCN(S(=O)(=O)c4cnc5c(c4C)N(C)CCO5)CC3)C2)c1. The topological polar surface area (TPSA) is 160 Å². The molecule has 3 N–H and O–H groups in total. The summed E-state index contributed by atoms with van der Waals surface area (Å²) in [4.78, 5) is 6.56. The van der Waals surface area contributed by atoms with E-state index >= 15 is 0 Å². The smallest absolute Gasteiger partial charge is 0.244 e. The van der Waals surface area contributed by atoms with E-state index in [1.54, 1.807) is 19.1 Å². The average Bonchev–Trinajstić information content (AvgIpc) is 3.37. The van der Waals surface area contributed by atoms with Crippen molar-refractivity contribution in [3.05, 3.63) is 36.0 Å². The molecule has 2 fully saturated rings. The minimum atomic E-state index is -3.74. The van der Waals surface area contributed by atoms with Crippen LogP contribution in [-0.4, -0.2) is 109 Å². The molecule has 5 rings (SSSR count). The number of aromatic nitrogens is 1. The molecule has 0 amide bonds. The fourth-order valence-electron chi connectivity index (χ4n) is 5.76. The number of likely N-dealkylation sites (N-methyl/N-ethyl adjacent to an activating group) is 1. The summed E-state index contributed by atoms with van der Waals surface area (Å²) < 4.78 is 72.4. The Balaban J connectivity index is 1.11. The molecular formula is C27H39N5O8S2. The van der Waals surface area contributed by atoms with Crippen molar-refractivity contribution >= 4 is 25.7 Å². The van der Waals surface area contributed by atoms with Crippen LogP contribution < -0.4 is 24.4 Å². The molecule has 15 heteroatoms. The van der Waals surface area contributed by atoms with Gasteiger partial charge >= 0.3 is 0 Å². The van der Waals surface area contributed by atoms with Crippen molar-refractivity contribution in [2.24, 2.45) is 0 Å². The predicted octanol–water partition coefficient (Wildman–Crippen LogP) is 0.468. The summed E-state index contributed by atoms with van der Waals surface area (Å²) in [6.45, 7) is 4.38. The maximum absolute atomic E-state index is 13.6. The van der Waals surface area contributed by atoms with Gasteiger partial charge < -0.3 is 29.5 Å². The van der Waals surface area contributed by atoms with Gasteiger partial charge in [0.1, 0.15) is 35.7 Å². The van der Waals surface area contributed by atoms with E-state index in [0.29, 0.717) is 75.0 Å². The summed E-state index contributed by atoms with van der Waals surface area (Å²) in [5, 5.41) is 13.8. The van der Waals surface area contributed by atoms with Gasteiger partial charge in [-0.3, -0.25) is 0 Å². The maximum atomic E-state index is 13.6. The van der Waals surface area contributed by atoms with Crippen LogP contribution >= 0.6 is 0 Å². The molecule has 0 bridgehead atoms. The van der Waals surface area contributed by atoms with Crippen molar-refractivity contribution in [2.45, 2.75) is 53.7 Å². The molecule has 0 saturated carbocycles. The quantitative estimate of drug-likeness (QED) is 0.337. The van der Waals surface area contributed by atoms with Crippen LogP contribution in [0.2, 0.25) is 0 Å². The lowest BCUT2D eigenvalue weighted by Gasteiger charge is -2.38. The van der Waals surface area contributed by atoms with Crippen LogP contribution in [0.1, 0.15) is 24.8 Å². The molecule has 0 unspecified atom stereocenters. The van der Waals surface area contributed by atoms with Gasteiger partial charge in [-0.2, -0.15) is 4.31 Å². The van der Waals surface area contributed by atoms with Crippen LogP contribution in [-0.2, 0) is 24.8 Å². The van der Waals surface area contributed by atoms with Crippen LogP contribution in [0.5, 0.6) is 11.6 Å². The van der Waals surface area contributed by atoms with E-state index in [1.807, 2.05) is 11.9 Å². The molecule has 4 heterocycles. The Labute approximate surface area is 247 Å². The number of pyridine rings is 1. The van der Waals surface area contributed by atoms with Gasteiger partial charge in [0.2, 0.25) is 25.9 Å². The number of rotatable bonds is 10. The second-order valence-corrected chi connectivity index (χ2v) is 14.8. The van der Waals surface area contributed by atoms with Crippen LogP contribution in [0.15, 0.2) is 40.3 Å². The molecule has 1 spiro atoms. The minimum Gasteiger partial charge on any atom is -0.491 e. The number of hydrogen-bond donors (Lipinski definition) is 3. The highest BCUT2D eigenvalue weighted by atomic mass is 32.2. The van der Waals surface area contributed by atoms with E-state index in [1.165, 1.54) is 29.7 Å². The molecule has 42 heavy (non-hydrogen) atoms. The van der Waals surface area contributed by atoms with Crippen LogP contribution in [0.3, 0.4) is 0 Å². The lowest BCUT2D eigenvalue weighted by Crippen LogP contribution is -2.47. The summed E-state index contributed by atoms with van der Waals surface area (Å²) in [6, 6.07) is 6.09. The largest absolute Gasteiger partial charge is 0.491 e. The Morgan fingerprint density at radius 2 is 1.98 bits per heavy atom. The van der Waals surface area contributed by atoms with Gasteiger partial charge in [0.25, 0.3) is 0 Å². The highest BCUT2D eigenvalue weighted by Gasteiger charge is 2.45. The zero-order chi connectivity index (χ0) is 30.1. The fourth-order valence-corrected chi connectivity index (χ4v) is 8.13. The maximum Gasteiger partial charge on any atom is 0.244 e. The number of piperidine rings is 1. The van der Waals surface area contributed by atoms with Gasteiger partial charge in [0, 0.05) is 38.8 Å². The molecule has 232 valence electrons. The molecule has 0 aliphatic carbocycles.